The number of β-amino-alcohol motifs (C(OH)–C–C–N with tert-alkyl or cyclic N) is 1. The van der Waals surface area contributed by atoms with E-state index >= 15 is 0 Å². The zero-order valence-corrected chi connectivity index (χ0v) is 20.7. The highest BCUT2D eigenvalue weighted by Gasteiger charge is 2.33. The summed E-state index contributed by atoms with van der Waals surface area (Å²) in [5.41, 5.74) is 2.57. The molecule has 3 atom stereocenters. The predicted octanol–water partition coefficient (Wildman–Crippen LogP) is 1.93. The molecule has 0 spiro atoms. The molecule has 1 aromatic carbocycles. The molecule has 2 aliphatic rings. The van der Waals surface area contributed by atoms with Crippen LogP contribution in [0.3, 0.4) is 0 Å². The zero-order chi connectivity index (χ0) is 26.3. The van der Waals surface area contributed by atoms with Crippen LogP contribution in [0, 0.1) is 18.7 Å². The SMILES string of the molecule is Cc1[nH]c2c(-c3cc(F)ccc3OCC3CC3)ncnc2c1C(=O)N[C@H]1CCN(C(=O)[C@H](C)O)C[C@H]1O. The summed E-state index contributed by atoms with van der Waals surface area (Å²) in [5.74, 6) is -0.307. The van der Waals surface area contributed by atoms with Crippen LogP contribution in [-0.4, -0.2) is 79.8 Å². The first-order valence-electron chi connectivity index (χ1n) is 12.4. The van der Waals surface area contributed by atoms with Crippen LogP contribution >= 0.6 is 0 Å². The molecule has 5 rings (SSSR count). The third-order valence-electron chi connectivity index (χ3n) is 6.93. The van der Waals surface area contributed by atoms with Crippen LogP contribution < -0.4 is 10.1 Å². The van der Waals surface area contributed by atoms with Gasteiger partial charge in [0.2, 0.25) is 0 Å². The molecule has 2 amide bonds. The summed E-state index contributed by atoms with van der Waals surface area (Å²) in [7, 11) is 0. The van der Waals surface area contributed by atoms with Crippen molar-refractivity contribution in [2.24, 2.45) is 5.92 Å². The Labute approximate surface area is 212 Å². The first-order chi connectivity index (χ1) is 17.7. The highest BCUT2D eigenvalue weighted by molar-refractivity contribution is 6.09. The number of aromatic amines is 1. The number of ether oxygens (including phenoxy) is 1. The summed E-state index contributed by atoms with van der Waals surface area (Å²) in [5, 5.41) is 23.0. The molecule has 2 fully saturated rings. The quantitative estimate of drug-likeness (QED) is 0.380. The van der Waals surface area contributed by atoms with Crippen LogP contribution in [0.25, 0.3) is 22.3 Å². The Morgan fingerprint density at radius 2 is 2.08 bits per heavy atom. The number of aromatic nitrogens is 3. The average Bonchev–Trinajstić information content (AvgIpc) is 3.63. The number of hydrogen-bond donors (Lipinski definition) is 4. The van der Waals surface area contributed by atoms with Crippen LogP contribution in [0.4, 0.5) is 4.39 Å². The standard InChI is InChI=1S/C26H30FN5O5/c1-13-21(25(35)31-18-7-8-32(10-19(18)34)26(36)14(2)33)23-24(30-13)22(28-12-29-23)17-9-16(27)5-6-20(17)37-11-15-3-4-15/h5-6,9,12,14-15,18-19,30,33-34H,3-4,7-8,10-11H2,1-2H3,(H,31,35)/t14-,18-,19+/m0/s1. The molecule has 0 unspecified atom stereocenters. The molecule has 0 bridgehead atoms. The number of halogens is 1. The number of aliphatic hydroxyl groups excluding tert-OH is 2. The molecule has 1 aliphatic carbocycles. The zero-order valence-electron chi connectivity index (χ0n) is 20.7. The minimum absolute atomic E-state index is 0.0110. The smallest absolute Gasteiger partial charge is 0.255 e. The molecule has 196 valence electrons. The third kappa shape index (κ3) is 5.14. The number of carbonyl (C=O) groups excluding carboxylic acids is 2. The summed E-state index contributed by atoms with van der Waals surface area (Å²) < 4.78 is 20.2. The van der Waals surface area contributed by atoms with E-state index in [4.69, 9.17) is 4.74 Å². The Hall–Kier alpha value is -3.57. The molecule has 37 heavy (non-hydrogen) atoms. The number of H-pyrrole nitrogens is 1. The maximum Gasteiger partial charge on any atom is 0.255 e. The second kappa shape index (κ2) is 10.1. The number of aryl methyl sites for hydroxylation is 1. The van der Waals surface area contributed by atoms with E-state index in [9.17, 15) is 24.2 Å². The van der Waals surface area contributed by atoms with Crippen LogP contribution in [0.2, 0.25) is 0 Å². The molecule has 1 saturated carbocycles. The fraction of sp³-hybridized carbons (Fsp3) is 0.462. The number of rotatable bonds is 7. The van der Waals surface area contributed by atoms with E-state index < -0.39 is 35.9 Å². The summed E-state index contributed by atoms with van der Waals surface area (Å²) in [6.07, 6.45) is 1.75. The number of aliphatic hydroxyl groups is 2. The van der Waals surface area contributed by atoms with Gasteiger partial charge in [0.15, 0.2) is 0 Å². The van der Waals surface area contributed by atoms with Crippen molar-refractivity contribution in [3.8, 4) is 17.0 Å². The van der Waals surface area contributed by atoms with Crippen LogP contribution in [0.5, 0.6) is 5.75 Å². The lowest BCUT2D eigenvalue weighted by atomic mass is 10.0. The molecule has 1 aliphatic heterocycles. The number of carbonyl (C=O) groups is 2. The Balaban J connectivity index is 1.41. The Morgan fingerprint density at radius 1 is 1.30 bits per heavy atom. The minimum Gasteiger partial charge on any atom is -0.493 e. The van der Waals surface area contributed by atoms with Gasteiger partial charge in [-0.3, -0.25) is 9.59 Å². The second-order valence-corrected chi connectivity index (χ2v) is 9.86. The molecule has 1 saturated heterocycles. The number of hydrogen-bond acceptors (Lipinski definition) is 7. The Bertz CT molecular complexity index is 1340. The van der Waals surface area contributed by atoms with Gasteiger partial charge in [-0.2, -0.15) is 0 Å². The Kier molecular flexibility index (Phi) is 6.82. The van der Waals surface area contributed by atoms with Crippen molar-refractivity contribution >= 4 is 22.8 Å². The van der Waals surface area contributed by atoms with Crippen LogP contribution in [-0.2, 0) is 4.79 Å². The van der Waals surface area contributed by atoms with E-state index in [-0.39, 0.29) is 6.54 Å². The van der Waals surface area contributed by atoms with Gasteiger partial charge in [0, 0.05) is 24.3 Å². The molecule has 3 heterocycles. The van der Waals surface area contributed by atoms with Crippen molar-refractivity contribution in [3.63, 3.8) is 0 Å². The van der Waals surface area contributed by atoms with E-state index in [1.54, 1.807) is 13.0 Å². The minimum atomic E-state index is -1.15. The van der Waals surface area contributed by atoms with Gasteiger partial charge in [0.25, 0.3) is 11.8 Å². The fourth-order valence-corrected chi connectivity index (χ4v) is 4.71. The number of nitrogens with zero attached hydrogens (tertiary/aromatic N) is 3. The van der Waals surface area contributed by atoms with Gasteiger partial charge in [-0.15, -0.1) is 0 Å². The Morgan fingerprint density at radius 3 is 2.78 bits per heavy atom. The molecule has 0 radical (unpaired) electrons. The van der Waals surface area contributed by atoms with Crippen molar-refractivity contribution in [3.05, 3.63) is 41.6 Å². The highest BCUT2D eigenvalue weighted by Crippen LogP contribution is 2.36. The van der Waals surface area contributed by atoms with E-state index in [1.807, 2.05) is 0 Å². The molecule has 11 heteroatoms. The fourth-order valence-electron chi connectivity index (χ4n) is 4.71. The molecule has 3 aromatic rings. The number of nitrogens with one attached hydrogen (secondary N) is 2. The van der Waals surface area contributed by atoms with E-state index in [0.717, 1.165) is 12.8 Å². The highest BCUT2D eigenvalue weighted by atomic mass is 19.1. The second-order valence-electron chi connectivity index (χ2n) is 9.86. The summed E-state index contributed by atoms with van der Waals surface area (Å²) in [6.45, 7) is 3.97. The molecular formula is C26H30FN5O5. The van der Waals surface area contributed by atoms with Crippen molar-refractivity contribution in [2.45, 2.75) is 51.4 Å². The van der Waals surface area contributed by atoms with Crippen molar-refractivity contribution in [1.29, 1.82) is 0 Å². The lowest BCUT2D eigenvalue weighted by Crippen LogP contribution is -2.56. The molecule has 2 aromatic heterocycles. The van der Waals surface area contributed by atoms with E-state index in [0.29, 0.717) is 64.8 Å². The normalized spacial score (nSPS) is 20.6. The van der Waals surface area contributed by atoms with Crippen molar-refractivity contribution < 1.29 is 28.9 Å². The van der Waals surface area contributed by atoms with E-state index in [2.05, 4.69) is 20.3 Å². The maximum absolute atomic E-state index is 14.2. The topological polar surface area (TPSA) is 141 Å². The van der Waals surface area contributed by atoms with Crippen LogP contribution in [0.15, 0.2) is 24.5 Å². The van der Waals surface area contributed by atoms with Gasteiger partial charge in [0.1, 0.15) is 35.2 Å². The average molecular weight is 512 g/mol. The molecule has 10 nitrogen and oxygen atoms in total. The molecular weight excluding hydrogens is 481 g/mol. The number of fused-ring (bicyclic) bond motifs is 1. The maximum atomic E-state index is 14.2. The van der Waals surface area contributed by atoms with Gasteiger partial charge in [-0.05, 0) is 57.2 Å². The first-order valence-corrected chi connectivity index (χ1v) is 12.4. The van der Waals surface area contributed by atoms with Crippen LogP contribution in [0.1, 0.15) is 42.2 Å². The largest absolute Gasteiger partial charge is 0.493 e. The van der Waals surface area contributed by atoms with E-state index in [1.165, 1.54) is 30.3 Å². The van der Waals surface area contributed by atoms with Gasteiger partial charge >= 0.3 is 0 Å². The van der Waals surface area contributed by atoms with Crippen molar-refractivity contribution in [2.75, 3.05) is 19.7 Å². The van der Waals surface area contributed by atoms with Crippen molar-refractivity contribution in [1.82, 2.24) is 25.2 Å². The summed E-state index contributed by atoms with van der Waals surface area (Å²) in [6, 6.07) is 3.70. The molecule has 4 N–H and O–H groups in total. The number of likely N-dealkylation sites (tertiary alicyclic amines) is 1. The number of amides is 2. The predicted molar refractivity (Wildman–Crippen MR) is 132 cm³/mol. The summed E-state index contributed by atoms with van der Waals surface area (Å²) >= 11 is 0. The van der Waals surface area contributed by atoms with Gasteiger partial charge in [0.05, 0.1) is 29.8 Å². The number of benzene rings is 1. The first kappa shape index (κ1) is 25.1. The lowest BCUT2D eigenvalue weighted by molar-refractivity contribution is -0.142. The lowest BCUT2D eigenvalue weighted by Gasteiger charge is -2.36. The van der Waals surface area contributed by atoms with Gasteiger partial charge in [-0.1, -0.05) is 0 Å². The third-order valence-corrected chi connectivity index (χ3v) is 6.93. The summed E-state index contributed by atoms with van der Waals surface area (Å²) in [4.78, 5) is 38.6. The number of piperidine rings is 1. The van der Waals surface area contributed by atoms with Gasteiger partial charge in [-0.25, -0.2) is 14.4 Å². The monoisotopic (exact) mass is 511 g/mol. The van der Waals surface area contributed by atoms with Gasteiger partial charge < -0.3 is 30.2 Å².